The minimum Gasteiger partial charge on any atom is -0.378 e. The Morgan fingerprint density at radius 2 is 2.00 bits per heavy atom. The second-order valence-corrected chi connectivity index (χ2v) is 5.30. The van der Waals surface area contributed by atoms with Crippen LogP contribution in [0.5, 0.6) is 0 Å². The maximum atomic E-state index is 13.4. The number of benzene rings is 1. The van der Waals surface area contributed by atoms with Crippen molar-refractivity contribution in [2.24, 2.45) is 0 Å². The Morgan fingerprint density at radius 3 is 2.63 bits per heavy atom. The summed E-state index contributed by atoms with van der Waals surface area (Å²) in [6.45, 7) is 5.59. The van der Waals surface area contributed by atoms with E-state index in [2.05, 4.69) is 18.8 Å². The molecule has 1 unspecified atom stereocenters. The van der Waals surface area contributed by atoms with Gasteiger partial charge in [0.1, 0.15) is 11.4 Å². The number of halogens is 1. The molecule has 0 aliphatic rings. The first-order chi connectivity index (χ1) is 8.94. The molecule has 0 saturated carbocycles. The molecule has 0 fully saturated rings. The lowest BCUT2D eigenvalue weighted by atomic mass is 9.98. The smallest absolute Gasteiger partial charge is 0.127 e. The van der Waals surface area contributed by atoms with Gasteiger partial charge in [0.15, 0.2) is 0 Å². The molecule has 0 amide bonds. The van der Waals surface area contributed by atoms with Gasteiger partial charge in [-0.3, -0.25) is 0 Å². The lowest BCUT2D eigenvalue weighted by Gasteiger charge is -2.15. The highest BCUT2D eigenvalue weighted by Gasteiger charge is 2.15. The molecule has 0 saturated heterocycles. The Bertz CT molecular complexity index is 466. The van der Waals surface area contributed by atoms with Crippen LogP contribution in [-0.4, -0.2) is 10.7 Å². The molecule has 0 radical (unpaired) electrons. The van der Waals surface area contributed by atoms with Crippen molar-refractivity contribution in [2.75, 3.05) is 0 Å². The van der Waals surface area contributed by atoms with E-state index < -0.39 is 5.60 Å². The van der Waals surface area contributed by atoms with Gasteiger partial charge in [-0.1, -0.05) is 44.1 Å². The molecule has 1 atom stereocenters. The lowest BCUT2D eigenvalue weighted by molar-refractivity contribution is 0.109. The molecule has 1 N–H and O–H groups in total. The second kappa shape index (κ2) is 7.31. The Balaban J connectivity index is 2.61. The fourth-order valence-electron chi connectivity index (χ4n) is 1.84. The molecular weight excluding hydrogens is 239 g/mol. The summed E-state index contributed by atoms with van der Waals surface area (Å²) in [5.41, 5.74) is 0.226. The van der Waals surface area contributed by atoms with E-state index in [4.69, 9.17) is 0 Å². The molecule has 19 heavy (non-hydrogen) atoms. The molecule has 1 rings (SSSR count). The Kier molecular flexibility index (Phi) is 6.05. The Labute approximate surface area is 115 Å². The highest BCUT2D eigenvalue weighted by molar-refractivity contribution is 5.38. The summed E-state index contributed by atoms with van der Waals surface area (Å²) in [6.07, 6.45) is 5.11. The maximum absolute atomic E-state index is 13.4. The van der Waals surface area contributed by atoms with Gasteiger partial charge < -0.3 is 5.11 Å². The molecule has 0 aliphatic heterocycles. The third-order valence-corrected chi connectivity index (χ3v) is 3.17. The second-order valence-electron chi connectivity index (χ2n) is 5.30. The van der Waals surface area contributed by atoms with E-state index in [0.717, 1.165) is 12.8 Å². The highest BCUT2D eigenvalue weighted by atomic mass is 19.1. The summed E-state index contributed by atoms with van der Waals surface area (Å²) < 4.78 is 13.4. The molecule has 104 valence electrons. The van der Waals surface area contributed by atoms with Crippen molar-refractivity contribution in [3.8, 4) is 11.8 Å². The van der Waals surface area contributed by atoms with Gasteiger partial charge in [0.05, 0.1) is 0 Å². The maximum Gasteiger partial charge on any atom is 0.127 e. The SMILES string of the molecule is CCCCCCC(C)(O)C#Cc1ccc(C)c(F)c1. The Morgan fingerprint density at radius 1 is 1.26 bits per heavy atom. The Hall–Kier alpha value is -1.33. The van der Waals surface area contributed by atoms with Crippen LogP contribution >= 0.6 is 0 Å². The number of rotatable bonds is 5. The van der Waals surface area contributed by atoms with Crippen LogP contribution in [0.15, 0.2) is 18.2 Å². The molecular formula is C17H23FO. The molecule has 0 aromatic heterocycles. The van der Waals surface area contributed by atoms with E-state index in [1.807, 2.05) is 0 Å². The normalized spacial score (nSPS) is 13.5. The fraction of sp³-hybridized carbons (Fsp3) is 0.529. The molecule has 2 heteroatoms. The minimum atomic E-state index is -0.991. The predicted octanol–water partition coefficient (Wildman–Crippen LogP) is 4.21. The van der Waals surface area contributed by atoms with Gasteiger partial charge in [0, 0.05) is 5.56 Å². The first kappa shape index (κ1) is 15.7. The third kappa shape index (κ3) is 5.89. The van der Waals surface area contributed by atoms with Gasteiger partial charge in [-0.05, 0) is 44.4 Å². The van der Waals surface area contributed by atoms with E-state index in [1.165, 1.54) is 18.9 Å². The highest BCUT2D eigenvalue weighted by Crippen LogP contribution is 2.15. The van der Waals surface area contributed by atoms with E-state index >= 15 is 0 Å². The van der Waals surface area contributed by atoms with E-state index in [-0.39, 0.29) is 5.82 Å². The predicted molar refractivity (Wildman–Crippen MR) is 77.4 cm³/mol. The van der Waals surface area contributed by atoms with Crippen LogP contribution in [0, 0.1) is 24.6 Å². The summed E-state index contributed by atoms with van der Waals surface area (Å²) in [4.78, 5) is 0. The van der Waals surface area contributed by atoms with Gasteiger partial charge in [0.25, 0.3) is 0 Å². The molecule has 0 aliphatic carbocycles. The van der Waals surface area contributed by atoms with Gasteiger partial charge in [-0.15, -0.1) is 0 Å². The number of aryl methyl sites for hydroxylation is 1. The number of aliphatic hydroxyl groups is 1. The van der Waals surface area contributed by atoms with Crippen molar-refractivity contribution in [1.29, 1.82) is 0 Å². The van der Waals surface area contributed by atoms with Gasteiger partial charge >= 0.3 is 0 Å². The lowest BCUT2D eigenvalue weighted by Crippen LogP contribution is -2.21. The zero-order chi connectivity index (χ0) is 14.3. The fourth-order valence-corrected chi connectivity index (χ4v) is 1.84. The molecule has 1 aromatic rings. The van der Waals surface area contributed by atoms with Crippen LogP contribution in [0.3, 0.4) is 0 Å². The van der Waals surface area contributed by atoms with Crippen molar-refractivity contribution in [3.63, 3.8) is 0 Å². The van der Waals surface area contributed by atoms with Crippen LogP contribution < -0.4 is 0 Å². The van der Waals surface area contributed by atoms with E-state index in [9.17, 15) is 9.50 Å². The molecule has 0 spiro atoms. The largest absolute Gasteiger partial charge is 0.378 e. The standard InChI is InChI=1S/C17H23FO/c1-4-5-6-7-11-17(3,19)12-10-15-9-8-14(2)16(18)13-15/h8-9,13,19H,4-7,11H2,1-3H3. The number of hydrogen-bond donors (Lipinski definition) is 1. The van der Waals surface area contributed by atoms with Crippen LogP contribution in [-0.2, 0) is 0 Å². The van der Waals surface area contributed by atoms with Crippen LogP contribution in [0.1, 0.15) is 57.1 Å². The number of hydrogen-bond acceptors (Lipinski definition) is 1. The zero-order valence-corrected chi connectivity index (χ0v) is 12.1. The zero-order valence-electron chi connectivity index (χ0n) is 12.1. The average Bonchev–Trinajstić information content (AvgIpc) is 2.36. The molecule has 0 heterocycles. The summed E-state index contributed by atoms with van der Waals surface area (Å²) in [7, 11) is 0. The molecule has 0 bridgehead atoms. The van der Waals surface area contributed by atoms with Gasteiger partial charge in [-0.25, -0.2) is 4.39 Å². The summed E-state index contributed by atoms with van der Waals surface area (Å²) in [6, 6.07) is 4.89. The summed E-state index contributed by atoms with van der Waals surface area (Å²) in [5.74, 6) is 5.44. The molecule has 1 aromatic carbocycles. The average molecular weight is 262 g/mol. The van der Waals surface area contributed by atoms with Crippen molar-refractivity contribution < 1.29 is 9.50 Å². The quantitative estimate of drug-likeness (QED) is 0.622. The van der Waals surface area contributed by atoms with Crippen LogP contribution in [0.2, 0.25) is 0 Å². The summed E-state index contributed by atoms with van der Waals surface area (Å²) in [5, 5.41) is 10.1. The monoisotopic (exact) mass is 262 g/mol. The topological polar surface area (TPSA) is 20.2 Å². The summed E-state index contributed by atoms with van der Waals surface area (Å²) >= 11 is 0. The van der Waals surface area contributed by atoms with E-state index in [1.54, 1.807) is 26.0 Å². The van der Waals surface area contributed by atoms with Gasteiger partial charge in [0.2, 0.25) is 0 Å². The first-order valence-corrected chi connectivity index (χ1v) is 6.96. The third-order valence-electron chi connectivity index (χ3n) is 3.17. The van der Waals surface area contributed by atoms with E-state index in [0.29, 0.717) is 17.5 Å². The van der Waals surface area contributed by atoms with Crippen molar-refractivity contribution in [3.05, 3.63) is 35.1 Å². The van der Waals surface area contributed by atoms with Crippen molar-refractivity contribution in [2.45, 2.75) is 58.5 Å². The minimum absolute atomic E-state index is 0.255. The number of unbranched alkanes of at least 4 members (excludes halogenated alkanes) is 3. The van der Waals surface area contributed by atoms with Crippen LogP contribution in [0.4, 0.5) is 4.39 Å². The van der Waals surface area contributed by atoms with Gasteiger partial charge in [-0.2, -0.15) is 0 Å². The van der Waals surface area contributed by atoms with Crippen LogP contribution in [0.25, 0.3) is 0 Å². The molecule has 1 nitrogen and oxygen atoms in total. The van der Waals surface area contributed by atoms with Crippen molar-refractivity contribution in [1.82, 2.24) is 0 Å². The first-order valence-electron chi connectivity index (χ1n) is 6.96. The van der Waals surface area contributed by atoms with Crippen molar-refractivity contribution >= 4 is 0 Å².